The summed E-state index contributed by atoms with van der Waals surface area (Å²) in [7, 11) is 0. The molecule has 13 heteroatoms. The Hall–Kier alpha value is -4.78. The van der Waals surface area contributed by atoms with Crippen LogP contribution in [0.3, 0.4) is 0 Å². The summed E-state index contributed by atoms with van der Waals surface area (Å²) in [6.07, 6.45) is 0.467. The Balaban J connectivity index is 1.36. The summed E-state index contributed by atoms with van der Waals surface area (Å²) in [5.74, 6) is -1.76. The van der Waals surface area contributed by atoms with Gasteiger partial charge in [-0.2, -0.15) is 18.3 Å². The van der Waals surface area contributed by atoms with Crippen molar-refractivity contribution in [1.82, 2.24) is 19.7 Å². The number of alkyl halides is 3. The van der Waals surface area contributed by atoms with Crippen LogP contribution in [-0.2, 0) is 15.8 Å². The van der Waals surface area contributed by atoms with Crippen molar-refractivity contribution in [3.05, 3.63) is 89.1 Å². The number of anilines is 3. The zero-order valence-corrected chi connectivity index (χ0v) is 23.0. The lowest BCUT2D eigenvalue weighted by molar-refractivity contribution is -0.140. The second-order valence-corrected chi connectivity index (χ2v) is 10.6. The molecule has 6 rings (SSSR count). The standard InChI is InChI=1S/C30H27F4N7O2/c1-17-27(29(43)37-21-6-4-20-15-35-9-8-18(20)12-21)28(19-5-7-22(23(31)13-19)30(32,33)34)41-25(36-17)14-24(39-41)38-26(42)16-40-10-2-3-11-40/h4-9,12-15,28,36H,2-3,10-11,16H2,1H3,(H,37,43)(H,38,39,42). The summed E-state index contributed by atoms with van der Waals surface area (Å²) in [4.78, 5) is 32.6. The molecular formula is C30H27F4N7O2. The lowest BCUT2D eigenvalue weighted by Gasteiger charge is -2.30. The molecule has 0 spiro atoms. The molecule has 2 aromatic heterocycles. The van der Waals surface area contributed by atoms with Crippen LogP contribution in [-0.4, -0.2) is 51.1 Å². The zero-order valence-electron chi connectivity index (χ0n) is 23.0. The maximum absolute atomic E-state index is 14.8. The molecule has 0 aliphatic carbocycles. The van der Waals surface area contributed by atoms with E-state index in [2.05, 4.69) is 26.0 Å². The van der Waals surface area contributed by atoms with E-state index in [4.69, 9.17) is 0 Å². The minimum Gasteiger partial charge on any atom is -0.344 e. The van der Waals surface area contributed by atoms with Crippen LogP contribution in [0.2, 0.25) is 0 Å². The molecule has 43 heavy (non-hydrogen) atoms. The zero-order chi connectivity index (χ0) is 30.3. The van der Waals surface area contributed by atoms with Gasteiger partial charge in [0.15, 0.2) is 5.82 Å². The van der Waals surface area contributed by atoms with Crippen LogP contribution in [0.5, 0.6) is 0 Å². The highest BCUT2D eigenvalue weighted by molar-refractivity contribution is 6.07. The monoisotopic (exact) mass is 593 g/mol. The fraction of sp³-hybridized carbons (Fsp3) is 0.267. The average Bonchev–Trinajstić information content (AvgIpc) is 3.60. The summed E-state index contributed by atoms with van der Waals surface area (Å²) >= 11 is 0. The molecule has 1 unspecified atom stereocenters. The highest BCUT2D eigenvalue weighted by Gasteiger charge is 2.37. The number of nitrogens with zero attached hydrogens (tertiary/aromatic N) is 4. The summed E-state index contributed by atoms with van der Waals surface area (Å²) in [5.41, 5.74) is -0.379. The molecule has 1 fully saturated rings. The number of amides is 2. The molecule has 2 aliphatic rings. The van der Waals surface area contributed by atoms with Gasteiger partial charge in [0.1, 0.15) is 17.7 Å². The van der Waals surface area contributed by atoms with E-state index in [9.17, 15) is 27.2 Å². The highest BCUT2D eigenvalue weighted by atomic mass is 19.4. The van der Waals surface area contributed by atoms with Crippen molar-refractivity contribution in [2.24, 2.45) is 0 Å². The second-order valence-electron chi connectivity index (χ2n) is 10.6. The maximum Gasteiger partial charge on any atom is 0.419 e. The fourth-order valence-corrected chi connectivity index (χ4v) is 5.55. The normalized spacial score (nSPS) is 17.1. The summed E-state index contributed by atoms with van der Waals surface area (Å²) in [5, 5.41) is 14.9. The van der Waals surface area contributed by atoms with E-state index in [1.807, 2.05) is 4.90 Å². The van der Waals surface area contributed by atoms with Gasteiger partial charge in [0.2, 0.25) is 5.91 Å². The van der Waals surface area contributed by atoms with Crippen molar-refractivity contribution in [2.45, 2.75) is 32.0 Å². The molecule has 0 radical (unpaired) electrons. The smallest absolute Gasteiger partial charge is 0.344 e. The van der Waals surface area contributed by atoms with Gasteiger partial charge in [0, 0.05) is 35.2 Å². The molecule has 2 aliphatic heterocycles. The molecule has 3 N–H and O–H groups in total. The van der Waals surface area contributed by atoms with Gasteiger partial charge in [-0.15, -0.1) is 0 Å². The second kappa shape index (κ2) is 11.1. The molecule has 4 aromatic rings. The number of fused-ring (bicyclic) bond motifs is 2. The van der Waals surface area contributed by atoms with Crippen LogP contribution in [0.4, 0.5) is 34.9 Å². The molecule has 0 saturated carbocycles. The Morgan fingerprint density at radius 3 is 2.56 bits per heavy atom. The minimum absolute atomic E-state index is 0.0698. The van der Waals surface area contributed by atoms with Gasteiger partial charge in [-0.1, -0.05) is 12.1 Å². The number of hydrogen-bond acceptors (Lipinski definition) is 6. The Labute approximate surface area is 243 Å². The van der Waals surface area contributed by atoms with Gasteiger partial charge >= 0.3 is 6.18 Å². The molecule has 4 heterocycles. The van der Waals surface area contributed by atoms with E-state index >= 15 is 0 Å². The molecule has 9 nitrogen and oxygen atoms in total. The van der Waals surface area contributed by atoms with Crippen molar-refractivity contribution >= 4 is 39.9 Å². The van der Waals surface area contributed by atoms with Crippen LogP contribution in [0.1, 0.15) is 36.9 Å². The van der Waals surface area contributed by atoms with Gasteiger partial charge in [-0.05, 0) is 74.1 Å². The quantitative estimate of drug-likeness (QED) is 0.253. The first kappa shape index (κ1) is 28.3. The lowest BCUT2D eigenvalue weighted by Crippen LogP contribution is -2.32. The molecule has 1 saturated heterocycles. The summed E-state index contributed by atoms with van der Waals surface area (Å²) in [6, 6.07) is 10.0. The highest BCUT2D eigenvalue weighted by Crippen LogP contribution is 2.40. The van der Waals surface area contributed by atoms with Crippen LogP contribution in [0.15, 0.2) is 72.2 Å². The number of hydrogen-bond donors (Lipinski definition) is 3. The molecular weight excluding hydrogens is 566 g/mol. The number of halogens is 4. The Kier molecular flexibility index (Phi) is 7.34. The number of carbonyl (C=O) groups excluding carboxylic acids is 2. The predicted octanol–water partition coefficient (Wildman–Crippen LogP) is 5.55. The first-order valence-electron chi connectivity index (χ1n) is 13.7. The van der Waals surface area contributed by atoms with Gasteiger partial charge in [-0.25, -0.2) is 9.07 Å². The molecule has 222 valence electrons. The van der Waals surface area contributed by atoms with Gasteiger partial charge < -0.3 is 16.0 Å². The van der Waals surface area contributed by atoms with E-state index in [1.165, 1.54) is 4.68 Å². The number of pyridine rings is 1. The number of nitrogens with one attached hydrogen (secondary N) is 3. The van der Waals surface area contributed by atoms with Gasteiger partial charge in [-0.3, -0.25) is 19.5 Å². The van der Waals surface area contributed by atoms with Crippen LogP contribution < -0.4 is 16.0 Å². The van der Waals surface area contributed by atoms with Gasteiger partial charge in [0.05, 0.1) is 17.7 Å². The van der Waals surface area contributed by atoms with Crippen molar-refractivity contribution < 1.29 is 27.2 Å². The molecule has 2 aromatic carbocycles. The Bertz CT molecular complexity index is 1760. The third-order valence-corrected chi connectivity index (χ3v) is 7.56. The first-order valence-corrected chi connectivity index (χ1v) is 13.7. The van der Waals surface area contributed by atoms with Crippen molar-refractivity contribution in [2.75, 3.05) is 35.6 Å². The van der Waals surface area contributed by atoms with Crippen LogP contribution in [0, 0.1) is 5.82 Å². The Morgan fingerprint density at radius 1 is 1.02 bits per heavy atom. The average molecular weight is 594 g/mol. The largest absolute Gasteiger partial charge is 0.419 e. The van der Waals surface area contributed by atoms with E-state index in [-0.39, 0.29) is 29.4 Å². The van der Waals surface area contributed by atoms with Crippen molar-refractivity contribution in [3.8, 4) is 0 Å². The Morgan fingerprint density at radius 2 is 1.81 bits per heavy atom. The minimum atomic E-state index is -4.89. The third-order valence-electron chi connectivity index (χ3n) is 7.56. The predicted molar refractivity (Wildman–Crippen MR) is 153 cm³/mol. The number of rotatable bonds is 6. The van der Waals surface area contributed by atoms with E-state index < -0.39 is 29.5 Å². The summed E-state index contributed by atoms with van der Waals surface area (Å²) in [6.45, 7) is 3.48. The lowest BCUT2D eigenvalue weighted by atomic mass is 9.93. The topological polar surface area (TPSA) is 104 Å². The summed E-state index contributed by atoms with van der Waals surface area (Å²) < 4.78 is 56.3. The van der Waals surface area contributed by atoms with Crippen molar-refractivity contribution in [3.63, 3.8) is 0 Å². The van der Waals surface area contributed by atoms with E-state index in [0.717, 1.165) is 48.8 Å². The fourth-order valence-electron chi connectivity index (χ4n) is 5.55. The number of likely N-dealkylation sites (tertiary alicyclic amines) is 1. The van der Waals surface area contributed by atoms with Crippen LogP contribution >= 0.6 is 0 Å². The van der Waals surface area contributed by atoms with Crippen molar-refractivity contribution in [1.29, 1.82) is 0 Å². The third kappa shape index (κ3) is 5.80. The SMILES string of the molecule is CC1=C(C(=O)Nc2ccc3cnccc3c2)C(c2ccc(C(F)(F)F)c(F)c2)n2nc(NC(=O)CN3CCCC3)cc2N1. The number of carbonyl (C=O) groups is 2. The number of aromatic nitrogens is 3. The number of allylic oxidation sites excluding steroid dienone is 1. The molecule has 2 amide bonds. The van der Waals surface area contributed by atoms with Gasteiger partial charge in [0.25, 0.3) is 5.91 Å². The number of benzene rings is 2. The maximum atomic E-state index is 14.8. The van der Waals surface area contributed by atoms with E-state index in [1.54, 1.807) is 49.6 Å². The van der Waals surface area contributed by atoms with Crippen LogP contribution in [0.25, 0.3) is 10.8 Å². The van der Waals surface area contributed by atoms with E-state index in [0.29, 0.717) is 23.3 Å². The molecule has 0 bridgehead atoms. The first-order chi connectivity index (χ1) is 20.6. The molecule has 1 atom stereocenters.